The van der Waals surface area contributed by atoms with Crippen LogP contribution in [0.4, 0.5) is 0 Å². The molecule has 4 heteroatoms. The Hall–Kier alpha value is -1.65. The Labute approximate surface area is 129 Å². The topological polar surface area (TPSA) is 38.3 Å². The van der Waals surface area contributed by atoms with Crippen molar-refractivity contribution in [3.63, 3.8) is 0 Å². The van der Waals surface area contributed by atoms with Crippen molar-refractivity contribution >= 4 is 17.2 Å². The van der Waals surface area contributed by atoms with Crippen molar-refractivity contribution in [3.05, 3.63) is 58.3 Å². The molecule has 0 spiro atoms. The summed E-state index contributed by atoms with van der Waals surface area (Å²) < 4.78 is 5.51. The quantitative estimate of drug-likeness (QED) is 0.941. The van der Waals surface area contributed by atoms with Crippen LogP contribution in [0.3, 0.4) is 0 Å². The molecule has 110 valence electrons. The molecule has 2 heterocycles. The predicted octanol–water partition coefficient (Wildman–Crippen LogP) is 3.23. The summed E-state index contributed by atoms with van der Waals surface area (Å²) >= 11 is 1.54. The summed E-state index contributed by atoms with van der Waals surface area (Å²) in [5, 5.41) is 6.92. The van der Waals surface area contributed by atoms with E-state index in [4.69, 9.17) is 4.74 Å². The van der Waals surface area contributed by atoms with Crippen molar-refractivity contribution in [3.8, 4) is 0 Å². The molecule has 1 amide bonds. The molecule has 1 fully saturated rings. The molecular formula is C17H19NO2S. The lowest BCUT2D eigenvalue weighted by Crippen LogP contribution is -2.44. The first-order valence-electron chi connectivity index (χ1n) is 7.24. The van der Waals surface area contributed by atoms with E-state index in [-0.39, 0.29) is 11.3 Å². The van der Waals surface area contributed by atoms with E-state index in [2.05, 4.69) is 29.6 Å². The highest BCUT2D eigenvalue weighted by Gasteiger charge is 2.34. The van der Waals surface area contributed by atoms with Gasteiger partial charge in [0.2, 0.25) is 0 Å². The van der Waals surface area contributed by atoms with Crippen LogP contribution in [0.5, 0.6) is 0 Å². The summed E-state index contributed by atoms with van der Waals surface area (Å²) in [6, 6.07) is 12.3. The Morgan fingerprint density at radius 1 is 1.19 bits per heavy atom. The van der Waals surface area contributed by atoms with E-state index in [1.807, 2.05) is 22.9 Å². The Balaban J connectivity index is 1.76. The van der Waals surface area contributed by atoms with Crippen molar-refractivity contribution in [1.29, 1.82) is 0 Å². The maximum atomic E-state index is 12.2. The van der Waals surface area contributed by atoms with E-state index < -0.39 is 0 Å². The standard InChI is InChI=1S/C17H19NO2S/c19-16(14-6-11-21-12-14)18-13-17(7-9-20-10-8-17)15-4-2-1-3-5-15/h1-6,11-12H,7-10,13H2,(H,18,19). The van der Waals surface area contributed by atoms with E-state index >= 15 is 0 Å². The normalized spacial score (nSPS) is 17.3. The van der Waals surface area contributed by atoms with Gasteiger partial charge in [-0.05, 0) is 29.9 Å². The van der Waals surface area contributed by atoms with Crippen LogP contribution >= 0.6 is 11.3 Å². The van der Waals surface area contributed by atoms with E-state index in [9.17, 15) is 4.79 Å². The van der Waals surface area contributed by atoms with Crippen LogP contribution in [-0.4, -0.2) is 25.7 Å². The lowest BCUT2D eigenvalue weighted by Gasteiger charge is -2.38. The number of carbonyl (C=O) groups excluding carboxylic acids is 1. The monoisotopic (exact) mass is 301 g/mol. The zero-order valence-corrected chi connectivity index (χ0v) is 12.7. The first-order valence-corrected chi connectivity index (χ1v) is 8.18. The summed E-state index contributed by atoms with van der Waals surface area (Å²) in [4.78, 5) is 12.2. The number of rotatable bonds is 4. The molecule has 1 saturated heterocycles. The van der Waals surface area contributed by atoms with Crippen LogP contribution in [0.25, 0.3) is 0 Å². The molecular weight excluding hydrogens is 282 g/mol. The minimum atomic E-state index is -0.00874. The molecule has 1 N–H and O–H groups in total. The number of thiophene rings is 1. The van der Waals surface area contributed by atoms with Gasteiger partial charge in [0.15, 0.2) is 0 Å². The van der Waals surface area contributed by atoms with Gasteiger partial charge in [0, 0.05) is 36.1 Å². The predicted molar refractivity (Wildman–Crippen MR) is 84.8 cm³/mol. The first-order chi connectivity index (χ1) is 10.3. The molecule has 1 aromatic heterocycles. The van der Waals surface area contributed by atoms with Gasteiger partial charge < -0.3 is 10.1 Å². The van der Waals surface area contributed by atoms with Crippen LogP contribution in [-0.2, 0) is 10.2 Å². The van der Waals surface area contributed by atoms with Gasteiger partial charge in [-0.15, -0.1) is 0 Å². The summed E-state index contributed by atoms with van der Waals surface area (Å²) in [6.45, 7) is 2.17. The maximum Gasteiger partial charge on any atom is 0.252 e. The molecule has 0 radical (unpaired) electrons. The molecule has 3 nitrogen and oxygen atoms in total. The number of hydrogen-bond donors (Lipinski definition) is 1. The maximum absolute atomic E-state index is 12.2. The van der Waals surface area contributed by atoms with Gasteiger partial charge >= 0.3 is 0 Å². The number of benzene rings is 1. The van der Waals surface area contributed by atoms with Crippen LogP contribution in [0.2, 0.25) is 0 Å². The second-order valence-electron chi connectivity index (χ2n) is 5.45. The van der Waals surface area contributed by atoms with E-state index in [1.165, 1.54) is 5.56 Å². The largest absolute Gasteiger partial charge is 0.381 e. The smallest absolute Gasteiger partial charge is 0.252 e. The molecule has 2 aromatic rings. The second kappa shape index (κ2) is 6.41. The highest BCUT2D eigenvalue weighted by Crippen LogP contribution is 2.34. The van der Waals surface area contributed by atoms with E-state index in [1.54, 1.807) is 11.3 Å². The van der Waals surface area contributed by atoms with Gasteiger partial charge in [-0.2, -0.15) is 11.3 Å². The van der Waals surface area contributed by atoms with Crippen LogP contribution < -0.4 is 5.32 Å². The summed E-state index contributed by atoms with van der Waals surface area (Å²) in [6.07, 6.45) is 1.89. The van der Waals surface area contributed by atoms with Crippen LogP contribution in [0.15, 0.2) is 47.2 Å². The third-order valence-electron chi connectivity index (χ3n) is 4.21. The van der Waals surface area contributed by atoms with Gasteiger partial charge in [-0.1, -0.05) is 30.3 Å². The summed E-state index contributed by atoms with van der Waals surface area (Å²) in [5.41, 5.74) is 2.03. The third-order valence-corrected chi connectivity index (χ3v) is 4.89. The number of amides is 1. The van der Waals surface area contributed by atoms with Gasteiger partial charge in [0.05, 0.1) is 0 Å². The highest BCUT2D eigenvalue weighted by molar-refractivity contribution is 7.08. The van der Waals surface area contributed by atoms with Crippen molar-refractivity contribution < 1.29 is 9.53 Å². The lowest BCUT2D eigenvalue weighted by molar-refractivity contribution is 0.0487. The fraction of sp³-hybridized carbons (Fsp3) is 0.353. The molecule has 0 unspecified atom stereocenters. The Morgan fingerprint density at radius 2 is 1.95 bits per heavy atom. The molecule has 0 aliphatic carbocycles. The Kier molecular flexibility index (Phi) is 4.36. The Morgan fingerprint density at radius 3 is 2.62 bits per heavy atom. The van der Waals surface area contributed by atoms with E-state index in [0.717, 1.165) is 31.6 Å². The molecule has 1 aliphatic rings. The van der Waals surface area contributed by atoms with Gasteiger partial charge in [-0.25, -0.2) is 0 Å². The number of ether oxygens (including phenoxy) is 1. The summed E-state index contributed by atoms with van der Waals surface area (Å²) in [5.74, 6) is 0.0121. The second-order valence-corrected chi connectivity index (χ2v) is 6.23. The number of nitrogens with one attached hydrogen (secondary N) is 1. The SMILES string of the molecule is O=C(NCC1(c2ccccc2)CCOCC1)c1ccsc1. The average molecular weight is 301 g/mol. The Bertz CT molecular complexity index is 574. The summed E-state index contributed by atoms with van der Waals surface area (Å²) in [7, 11) is 0. The van der Waals surface area contributed by atoms with Gasteiger partial charge in [0.1, 0.15) is 0 Å². The molecule has 1 aromatic carbocycles. The van der Waals surface area contributed by atoms with E-state index in [0.29, 0.717) is 6.54 Å². The first kappa shape index (κ1) is 14.3. The molecule has 21 heavy (non-hydrogen) atoms. The number of hydrogen-bond acceptors (Lipinski definition) is 3. The van der Waals surface area contributed by atoms with Crippen molar-refractivity contribution in [1.82, 2.24) is 5.32 Å². The van der Waals surface area contributed by atoms with Crippen molar-refractivity contribution in [2.75, 3.05) is 19.8 Å². The molecule has 0 bridgehead atoms. The zero-order chi connectivity index (χ0) is 14.5. The molecule has 0 atom stereocenters. The highest BCUT2D eigenvalue weighted by atomic mass is 32.1. The fourth-order valence-corrected chi connectivity index (χ4v) is 3.50. The zero-order valence-electron chi connectivity index (χ0n) is 11.9. The molecule has 3 rings (SSSR count). The fourth-order valence-electron chi connectivity index (χ4n) is 2.87. The van der Waals surface area contributed by atoms with Crippen LogP contribution in [0, 0.1) is 0 Å². The third kappa shape index (κ3) is 3.17. The minimum absolute atomic E-state index is 0.00874. The number of carbonyl (C=O) groups is 1. The van der Waals surface area contributed by atoms with Crippen molar-refractivity contribution in [2.24, 2.45) is 0 Å². The van der Waals surface area contributed by atoms with Gasteiger partial charge in [0.25, 0.3) is 5.91 Å². The average Bonchev–Trinajstić information content (AvgIpc) is 3.09. The van der Waals surface area contributed by atoms with Crippen molar-refractivity contribution in [2.45, 2.75) is 18.3 Å². The molecule has 0 saturated carbocycles. The van der Waals surface area contributed by atoms with Crippen LogP contribution in [0.1, 0.15) is 28.8 Å². The molecule has 1 aliphatic heterocycles. The minimum Gasteiger partial charge on any atom is -0.381 e. The lowest BCUT2D eigenvalue weighted by atomic mass is 9.74. The van der Waals surface area contributed by atoms with Gasteiger partial charge in [-0.3, -0.25) is 4.79 Å².